The van der Waals surface area contributed by atoms with Crippen LogP contribution in [0.5, 0.6) is 0 Å². The SMILES string of the molecule is CCC(C)C(NC(=O)C(CCCCN)NC(=O)C(N)Cc1cnc[nH]1)C(=O)NC(CC(=O)O)C(=O)O. The number of hydrogen-bond donors (Lipinski definition) is 8. The van der Waals surface area contributed by atoms with E-state index in [2.05, 4.69) is 25.9 Å². The summed E-state index contributed by atoms with van der Waals surface area (Å²) in [6.07, 6.45) is 4.13. The van der Waals surface area contributed by atoms with Gasteiger partial charge in [0.25, 0.3) is 0 Å². The van der Waals surface area contributed by atoms with Gasteiger partial charge in [0.15, 0.2) is 0 Å². The van der Waals surface area contributed by atoms with Crippen LogP contribution in [-0.2, 0) is 30.4 Å². The maximum absolute atomic E-state index is 13.1. The highest BCUT2D eigenvalue weighted by Gasteiger charge is 2.33. The number of hydrogen-bond acceptors (Lipinski definition) is 8. The van der Waals surface area contributed by atoms with Crippen molar-refractivity contribution in [3.63, 3.8) is 0 Å². The van der Waals surface area contributed by atoms with Gasteiger partial charge in [0.1, 0.15) is 18.1 Å². The maximum Gasteiger partial charge on any atom is 0.326 e. The minimum atomic E-state index is -1.67. The number of amides is 3. The van der Waals surface area contributed by atoms with Gasteiger partial charge in [0.2, 0.25) is 17.7 Å². The first kappa shape index (κ1) is 30.5. The van der Waals surface area contributed by atoms with Crippen molar-refractivity contribution in [2.45, 2.75) is 76.5 Å². The van der Waals surface area contributed by atoms with Crippen LogP contribution in [0.4, 0.5) is 0 Å². The first-order chi connectivity index (χ1) is 17.0. The average molecular weight is 512 g/mol. The van der Waals surface area contributed by atoms with Crippen molar-refractivity contribution in [3.8, 4) is 0 Å². The number of nitrogens with two attached hydrogens (primary N) is 2. The molecule has 0 radical (unpaired) electrons. The highest BCUT2D eigenvalue weighted by Crippen LogP contribution is 2.11. The lowest BCUT2D eigenvalue weighted by Gasteiger charge is -2.28. The zero-order valence-electron chi connectivity index (χ0n) is 20.5. The van der Waals surface area contributed by atoms with Crippen LogP contribution < -0.4 is 27.4 Å². The number of unbranched alkanes of at least 4 members (excludes halogenated alkanes) is 1. The van der Waals surface area contributed by atoms with Crippen molar-refractivity contribution in [1.29, 1.82) is 0 Å². The van der Waals surface area contributed by atoms with Crippen molar-refractivity contribution < 1.29 is 34.2 Å². The third kappa shape index (κ3) is 10.4. The molecule has 14 nitrogen and oxygen atoms in total. The van der Waals surface area contributed by atoms with E-state index in [9.17, 15) is 29.1 Å². The molecule has 1 aromatic rings. The lowest BCUT2D eigenvalue weighted by molar-refractivity contribution is -0.147. The van der Waals surface area contributed by atoms with Crippen molar-refractivity contribution in [2.24, 2.45) is 17.4 Å². The Morgan fingerprint density at radius 1 is 1.03 bits per heavy atom. The van der Waals surface area contributed by atoms with E-state index in [4.69, 9.17) is 16.6 Å². The second-order valence-corrected chi connectivity index (χ2v) is 8.60. The summed E-state index contributed by atoms with van der Waals surface area (Å²) >= 11 is 0. The molecular formula is C22H37N7O7. The highest BCUT2D eigenvalue weighted by atomic mass is 16.4. The van der Waals surface area contributed by atoms with E-state index < -0.39 is 66.2 Å². The first-order valence-corrected chi connectivity index (χ1v) is 11.8. The zero-order valence-corrected chi connectivity index (χ0v) is 20.5. The van der Waals surface area contributed by atoms with Crippen LogP contribution in [0.25, 0.3) is 0 Å². The van der Waals surface area contributed by atoms with E-state index >= 15 is 0 Å². The molecule has 0 fully saturated rings. The molecule has 5 unspecified atom stereocenters. The van der Waals surface area contributed by atoms with E-state index in [1.165, 1.54) is 12.5 Å². The van der Waals surface area contributed by atoms with Crippen molar-refractivity contribution in [1.82, 2.24) is 25.9 Å². The summed E-state index contributed by atoms with van der Waals surface area (Å²) in [5, 5.41) is 25.5. The molecule has 0 aliphatic heterocycles. The largest absolute Gasteiger partial charge is 0.481 e. The molecular weight excluding hydrogens is 474 g/mol. The smallest absolute Gasteiger partial charge is 0.326 e. The quantitative estimate of drug-likeness (QED) is 0.112. The first-order valence-electron chi connectivity index (χ1n) is 11.8. The molecule has 1 aromatic heterocycles. The van der Waals surface area contributed by atoms with E-state index in [1.807, 2.05) is 0 Å². The number of carboxylic acids is 2. The summed E-state index contributed by atoms with van der Waals surface area (Å²) < 4.78 is 0. The number of H-pyrrole nitrogens is 1. The van der Waals surface area contributed by atoms with Crippen LogP contribution in [0.3, 0.4) is 0 Å². The Kier molecular flexibility index (Phi) is 13.1. The normalized spacial score (nSPS) is 15.1. The topological polar surface area (TPSA) is 243 Å². The third-order valence-corrected chi connectivity index (χ3v) is 5.70. The molecule has 0 aromatic carbocycles. The number of aromatic amines is 1. The Hall–Kier alpha value is -3.52. The molecule has 202 valence electrons. The Morgan fingerprint density at radius 3 is 2.22 bits per heavy atom. The number of carbonyl (C=O) groups excluding carboxylic acids is 3. The van der Waals surface area contributed by atoms with Crippen LogP contribution in [-0.4, -0.2) is 80.6 Å². The Morgan fingerprint density at radius 2 is 1.69 bits per heavy atom. The molecule has 3 amide bonds. The van der Waals surface area contributed by atoms with Crippen molar-refractivity contribution in [2.75, 3.05) is 6.54 Å². The number of nitrogens with one attached hydrogen (secondary N) is 4. The molecule has 36 heavy (non-hydrogen) atoms. The van der Waals surface area contributed by atoms with Gasteiger partial charge in [-0.2, -0.15) is 0 Å². The zero-order chi connectivity index (χ0) is 27.3. The lowest BCUT2D eigenvalue weighted by Crippen LogP contribution is -2.59. The molecule has 0 saturated carbocycles. The summed E-state index contributed by atoms with van der Waals surface area (Å²) in [7, 11) is 0. The van der Waals surface area contributed by atoms with E-state index in [0.29, 0.717) is 31.5 Å². The fraction of sp³-hybridized carbons (Fsp3) is 0.636. The second-order valence-electron chi connectivity index (χ2n) is 8.60. The van der Waals surface area contributed by atoms with Gasteiger partial charge in [-0.25, -0.2) is 9.78 Å². The fourth-order valence-corrected chi connectivity index (χ4v) is 3.36. The predicted octanol–water partition coefficient (Wildman–Crippen LogP) is -1.53. The monoisotopic (exact) mass is 511 g/mol. The number of rotatable bonds is 17. The van der Waals surface area contributed by atoms with Gasteiger partial charge in [-0.15, -0.1) is 0 Å². The minimum Gasteiger partial charge on any atom is -0.481 e. The summed E-state index contributed by atoms with van der Waals surface area (Å²) in [6.45, 7) is 3.84. The molecule has 0 aliphatic carbocycles. The van der Waals surface area contributed by atoms with E-state index in [1.54, 1.807) is 13.8 Å². The summed E-state index contributed by atoms with van der Waals surface area (Å²) in [6, 6.07) is -4.81. The Labute approximate surface area is 209 Å². The predicted molar refractivity (Wildman–Crippen MR) is 128 cm³/mol. The third-order valence-electron chi connectivity index (χ3n) is 5.70. The highest BCUT2D eigenvalue weighted by molar-refractivity contribution is 5.94. The average Bonchev–Trinajstić information content (AvgIpc) is 3.33. The molecule has 0 bridgehead atoms. The number of aliphatic carboxylic acids is 2. The van der Waals surface area contributed by atoms with Crippen LogP contribution in [0.15, 0.2) is 12.5 Å². The van der Waals surface area contributed by atoms with Gasteiger partial charge in [0.05, 0.1) is 18.8 Å². The molecule has 1 rings (SSSR count). The van der Waals surface area contributed by atoms with Gasteiger partial charge < -0.3 is 42.6 Å². The van der Waals surface area contributed by atoms with Crippen molar-refractivity contribution in [3.05, 3.63) is 18.2 Å². The van der Waals surface area contributed by atoms with Crippen molar-refractivity contribution >= 4 is 29.7 Å². The Bertz CT molecular complexity index is 878. The van der Waals surface area contributed by atoms with E-state index in [0.717, 1.165) is 0 Å². The molecule has 0 saturated heterocycles. The summed E-state index contributed by atoms with van der Waals surface area (Å²) in [4.78, 5) is 67.7. The van der Waals surface area contributed by atoms with Crippen LogP contribution in [0.1, 0.15) is 51.6 Å². The number of carboxylic acid groups (broad SMARTS) is 2. The summed E-state index contributed by atoms with van der Waals surface area (Å²) in [5.74, 6) is -5.40. The lowest BCUT2D eigenvalue weighted by atomic mass is 9.96. The molecule has 1 heterocycles. The minimum absolute atomic E-state index is 0.168. The number of nitrogens with zero attached hydrogens (tertiary/aromatic N) is 1. The van der Waals surface area contributed by atoms with Gasteiger partial charge in [0, 0.05) is 18.3 Å². The summed E-state index contributed by atoms with van der Waals surface area (Å²) in [5.41, 5.74) is 12.2. The standard InChI is InChI=1S/C22H37N7O7/c1-3-12(2)18(21(34)28-16(22(35)36)9-17(30)31)29-20(33)15(6-4-5-7-23)27-19(32)14(24)8-13-10-25-11-26-13/h10-12,14-16,18H,3-9,23-24H2,1-2H3,(H,25,26)(H,27,32)(H,28,34)(H,29,33)(H,30,31)(H,35,36). The van der Waals surface area contributed by atoms with E-state index in [-0.39, 0.29) is 12.8 Å². The van der Waals surface area contributed by atoms with Gasteiger partial charge in [-0.3, -0.25) is 19.2 Å². The maximum atomic E-state index is 13.1. The van der Waals surface area contributed by atoms with Gasteiger partial charge in [-0.05, 0) is 31.7 Å². The number of carbonyl (C=O) groups is 5. The molecule has 0 aliphatic rings. The molecule has 0 spiro atoms. The van der Waals surface area contributed by atoms with Gasteiger partial charge >= 0.3 is 11.9 Å². The second kappa shape index (κ2) is 15.5. The number of imidazole rings is 1. The Balaban J connectivity index is 2.98. The van der Waals surface area contributed by atoms with Crippen LogP contribution >= 0.6 is 0 Å². The fourth-order valence-electron chi connectivity index (χ4n) is 3.36. The number of aromatic nitrogens is 2. The molecule has 14 heteroatoms. The molecule has 10 N–H and O–H groups in total. The molecule has 5 atom stereocenters. The van der Waals surface area contributed by atoms with Crippen LogP contribution in [0, 0.1) is 5.92 Å². The van der Waals surface area contributed by atoms with Crippen LogP contribution in [0.2, 0.25) is 0 Å². The van der Waals surface area contributed by atoms with Gasteiger partial charge in [-0.1, -0.05) is 20.3 Å².